The normalized spacial score (nSPS) is 13.3. The Morgan fingerprint density at radius 3 is 2.27 bits per heavy atom. The molecule has 0 radical (unpaired) electrons. The van der Waals surface area contributed by atoms with Gasteiger partial charge in [-0.1, -0.05) is 83.5 Å². The molecular formula is C35H38NO+. The lowest BCUT2D eigenvalue weighted by molar-refractivity contribution is -0.659. The van der Waals surface area contributed by atoms with Crippen LogP contribution in [0.3, 0.4) is 0 Å². The summed E-state index contributed by atoms with van der Waals surface area (Å²) in [6, 6.07) is 18.2. The molecule has 37 heavy (non-hydrogen) atoms. The van der Waals surface area contributed by atoms with Crippen molar-refractivity contribution in [2.24, 2.45) is 12.5 Å². The summed E-state index contributed by atoms with van der Waals surface area (Å²) in [5.41, 5.74) is 7.95. The minimum atomic E-state index is 0.0402. The molecular weight excluding hydrogens is 450 g/mol. The molecule has 0 N–H and O–H groups in total. The molecule has 6 rings (SSSR count). The standard InChI is InChI=1S/C35H38NO/c1-20-13-14-23-25(17-20)21(2)29-32-31-24(15-16-36(32)9)30-22(11-10-12-27(30)35(6,7)8)18-28(31)37-33(29)26(23)19-34(3,4)5/h10-18H,19H2,1-9H3/q+1. The molecule has 0 spiro atoms. The molecule has 0 amide bonds. The minimum absolute atomic E-state index is 0.0402. The summed E-state index contributed by atoms with van der Waals surface area (Å²) in [6.45, 7) is 18.3. The molecule has 0 saturated carbocycles. The van der Waals surface area contributed by atoms with E-state index < -0.39 is 0 Å². The average Bonchev–Trinajstić information content (AvgIpc) is 2.81. The van der Waals surface area contributed by atoms with Crippen LogP contribution in [0, 0.1) is 19.3 Å². The molecule has 2 heterocycles. The van der Waals surface area contributed by atoms with Gasteiger partial charge in [0.2, 0.25) is 5.69 Å². The van der Waals surface area contributed by atoms with Gasteiger partial charge in [-0.05, 0) is 69.8 Å². The molecule has 2 nitrogen and oxygen atoms in total. The first-order chi connectivity index (χ1) is 17.3. The lowest BCUT2D eigenvalue weighted by Gasteiger charge is -2.29. The van der Waals surface area contributed by atoms with Crippen molar-refractivity contribution in [3.63, 3.8) is 0 Å². The number of aryl methyl sites for hydroxylation is 3. The van der Waals surface area contributed by atoms with Crippen molar-refractivity contribution in [2.45, 2.75) is 67.2 Å². The van der Waals surface area contributed by atoms with E-state index in [2.05, 4.69) is 122 Å². The highest BCUT2D eigenvalue weighted by Crippen LogP contribution is 2.53. The predicted octanol–water partition coefficient (Wildman–Crippen LogP) is 9.25. The first-order valence-corrected chi connectivity index (χ1v) is 13.5. The molecule has 1 aliphatic heterocycles. The summed E-state index contributed by atoms with van der Waals surface area (Å²) < 4.78 is 9.32. The maximum atomic E-state index is 7.02. The Labute approximate surface area is 220 Å². The SMILES string of the molecule is Cc1ccc2c(CC(C)(C)C)c3c(c(C)c2c1)-c1c2c(cc4cccc(C(C)(C)C)c4c2cc[n+]1C)O3. The van der Waals surface area contributed by atoms with Crippen LogP contribution in [0.15, 0.2) is 54.7 Å². The van der Waals surface area contributed by atoms with Crippen LogP contribution in [-0.2, 0) is 18.9 Å². The van der Waals surface area contributed by atoms with Crippen LogP contribution in [0.5, 0.6) is 11.5 Å². The van der Waals surface area contributed by atoms with Crippen molar-refractivity contribution in [2.75, 3.05) is 0 Å². The van der Waals surface area contributed by atoms with Crippen LogP contribution < -0.4 is 9.30 Å². The molecule has 2 heteroatoms. The Bertz CT molecular complexity index is 1760. The molecule has 1 aromatic heterocycles. The summed E-state index contributed by atoms with van der Waals surface area (Å²) in [6.07, 6.45) is 3.19. The Hall–Kier alpha value is -3.39. The number of hydrogen-bond acceptors (Lipinski definition) is 1. The Morgan fingerprint density at radius 1 is 0.811 bits per heavy atom. The summed E-state index contributed by atoms with van der Waals surface area (Å²) in [7, 11) is 2.18. The van der Waals surface area contributed by atoms with E-state index in [1.165, 1.54) is 65.8 Å². The molecule has 1 aliphatic rings. The van der Waals surface area contributed by atoms with Crippen molar-refractivity contribution >= 4 is 32.3 Å². The van der Waals surface area contributed by atoms with Gasteiger partial charge in [0.15, 0.2) is 6.20 Å². The third-order valence-electron chi connectivity index (χ3n) is 7.97. The Kier molecular flexibility index (Phi) is 5.06. The Balaban J connectivity index is 1.82. The van der Waals surface area contributed by atoms with Crippen LogP contribution in [0.4, 0.5) is 0 Å². The first-order valence-electron chi connectivity index (χ1n) is 13.5. The number of rotatable bonds is 1. The van der Waals surface area contributed by atoms with Crippen LogP contribution >= 0.6 is 0 Å². The number of fused-ring (bicyclic) bond motifs is 5. The fourth-order valence-electron chi connectivity index (χ4n) is 6.34. The monoisotopic (exact) mass is 488 g/mol. The second-order valence-corrected chi connectivity index (χ2v) is 13.3. The molecule has 0 atom stereocenters. The van der Waals surface area contributed by atoms with Crippen molar-refractivity contribution in [3.05, 3.63) is 77.0 Å². The lowest BCUT2D eigenvalue weighted by Crippen LogP contribution is -2.32. The highest BCUT2D eigenvalue weighted by Gasteiger charge is 2.35. The van der Waals surface area contributed by atoms with Crippen molar-refractivity contribution < 1.29 is 9.30 Å². The zero-order chi connectivity index (χ0) is 26.4. The van der Waals surface area contributed by atoms with E-state index in [1.807, 2.05) is 0 Å². The van der Waals surface area contributed by atoms with E-state index in [0.29, 0.717) is 0 Å². The molecule has 0 saturated heterocycles. The van der Waals surface area contributed by atoms with Gasteiger partial charge in [-0.25, -0.2) is 4.57 Å². The van der Waals surface area contributed by atoms with Gasteiger partial charge in [0.05, 0.1) is 10.9 Å². The number of benzene rings is 4. The largest absolute Gasteiger partial charge is 0.455 e. The van der Waals surface area contributed by atoms with E-state index in [4.69, 9.17) is 4.74 Å². The zero-order valence-electron chi connectivity index (χ0n) is 23.8. The second-order valence-electron chi connectivity index (χ2n) is 13.3. The highest BCUT2D eigenvalue weighted by molar-refractivity contribution is 6.17. The van der Waals surface area contributed by atoms with Crippen LogP contribution in [0.25, 0.3) is 43.6 Å². The number of nitrogens with zero attached hydrogens (tertiary/aromatic N) is 1. The van der Waals surface area contributed by atoms with E-state index >= 15 is 0 Å². The Morgan fingerprint density at radius 2 is 1.57 bits per heavy atom. The van der Waals surface area contributed by atoms with E-state index in [-0.39, 0.29) is 10.8 Å². The number of hydrogen-bond donors (Lipinski definition) is 0. The zero-order valence-corrected chi connectivity index (χ0v) is 23.8. The lowest BCUT2D eigenvalue weighted by atomic mass is 9.80. The fraction of sp³-hybridized carbons (Fsp3) is 0.343. The van der Waals surface area contributed by atoms with Gasteiger partial charge < -0.3 is 4.74 Å². The summed E-state index contributed by atoms with van der Waals surface area (Å²) in [5.74, 6) is 2.00. The van der Waals surface area contributed by atoms with Gasteiger partial charge in [0, 0.05) is 17.0 Å². The van der Waals surface area contributed by atoms with Crippen molar-refractivity contribution in [1.82, 2.24) is 0 Å². The van der Waals surface area contributed by atoms with Crippen molar-refractivity contribution in [3.8, 4) is 22.8 Å². The first kappa shape index (κ1) is 24.0. The molecule has 0 unspecified atom stereocenters. The summed E-state index contributed by atoms with van der Waals surface area (Å²) >= 11 is 0. The minimum Gasteiger partial charge on any atom is -0.455 e. The maximum absolute atomic E-state index is 7.02. The molecule has 5 aromatic rings. The van der Waals surface area contributed by atoms with Gasteiger partial charge in [0.1, 0.15) is 18.5 Å². The van der Waals surface area contributed by atoms with Gasteiger partial charge in [0.25, 0.3) is 0 Å². The van der Waals surface area contributed by atoms with Crippen LogP contribution in [-0.4, -0.2) is 0 Å². The van der Waals surface area contributed by atoms with Crippen LogP contribution in [0.1, 0.15) is 63.8 Å². The highest BCUT2D eigenvalue weighted by atomic mass is 16.5. The average molecular weight is 489 g/mol. The predicted molar refractivity (Wildman–Crippen MR) is 157 cm³/mol. The molecule has 0 aliphatic carbocycles. The number of pyridine rings is 1. The molecule has 4 aromatic carbocycles. The number of ether oxygens (including phenoxy) is 1. The van der Waals surface area contributed by atoms with E-state index in [9.17, 15) is 0 Å². The summed E-state index contributed by atoms with van der Waals surface area (Å²) in [4.78, 5) is 0. The van der Waals surface area contributed by atoms with E-state index in [0.717, 1.165) is 17.9 Å². The second kappa shape index (κ2) is 7.81. The topological polar surface area (TPSA) is 13.1 Å². The van der Waals surface area contributed by atoms with Gasteiger partial charge >= 0.3 is 0 Å². The number of aromatic nitrogens is 1. The molecule has 188 valence electrons. The van der Waals surface area contributed by atoms with E-state index in [1.54, 1.807) is 0 Å². The van der Waals surface area contributed by atoms with Crippen LogP contribution in [0.2, 0.25) is 0 Å². The van der Waals surface area contributed by atoms with Gasteiger partial charge in [-0.3, -0.25) is 0 Å². The third kappa shape index (κ3) is 3.64. The molecule has 0 bridgehead atoms. The molecule has 0 fully saturated rings. The smallest absolute Gasteiger partial charge is 0.228 e. The van der Waals surface area contributed by atoms with Gasteiger partial charge in [-0.2, -0.15) is 0 Å². The third-order valence-corrected chi connectivity index (χ3v) is 7.97. The van der Waals surface area contributed by atoms with Gasteiger partial charge in [-0.15, -0.1) is 0 Å². The fourth-order valence-corrected chi connectivity index (χ4v) is 6.34. The summed E-state index contributed by atoms with van der Waals surface area (Å²) in [5, 5.41) is 7.72. The van der Waals surface area contributed by atoms with Crippen molar-refractivity contribution in [1.29, 1.82) is 0 Å². The quantitative estimate of drug-likeness (QED) is 0.166. The maximum Gasteiger partial charge on any atom is 0.228 e.